The number of phenols is 2. The van der Waals surface area contributed by atoms with Crippen LogP contribution in [0.15, 0.2) is 48.5 Å². The fourth-order valence-corrected chi connectivity index (χ4v) is 3.60. The lowest BCUT2D eigenvalue weighted by Crippen LogP contribution is -3.11. The Kier molecular flexibility index (Phi) is 8.82. The van der Waals surface area contributed by atoms with E-state index in [1.54, 1.807) is 43.0 Å². The Morgan fingerprint density at radius 2 is 1.15 bits per heavy atom. The normalized spacial score (nSPS) is 10.6. The van der Waals surface area contributed by atoms with E-state index in [9.17, 15) is 25.4 Å². The number of quaternary nitrogens is 1. The second-order valence-corrected chi connectivity index (χ2v) is 7.98. The predicted molar refractivity (Wildman–Crippen MR) is 129 cm³/mol. The molecular formula is C26H32N2O5. The van der Waals surface area contributed by atoms with E-state index in [0.717, 1.165) is 23.3 Å². The van der Waals surface area contributed by atoms with Gasteiger partial charge in [-0.25, -0.2) is 0 Å². The number of benzene rings is 3. The second-order valence-electron chi connectivity index (χ2n) is 7.98. The Morgan fingerprint density at radius 3 is 1.45 bits per heavy atom. The molecule has 3 rings (SSSR count). The third-order valence-electron chi connectivity index (χ3n) is 5.67. The van der Waals surface area contributed by atoms with E-state index < -0.39 is 10.7 Å². The van der Waals surface area contributed by atoms with Crippen LogP contribution in [0.1, 0.15) is 31.9 Å². The van der Waals surface area contributed by atoms with E-state index in [1.165, 1.54) is 31.8 Å². The van der Waals surface area contributed by atoms with Crippen LogP contribution in [0.4, 0.5) is 5.69 Å². The lowest BCUT2D eigenvalue weighted by Gasteiger charge is -2.21. The van der Waals surface area contributed by atoms with Gasteiger partial charge in [-0.05, 0) is 70.0 Å². The fraction of sp³-hybridized carbons (Fsp3) is 0.308. The molecule has 0 spiro atoms. The Hall–Kier alpha value is -3.58. The highest BCUT2D eigenvalue weighted by Crippen LogP contribution is 2.44. The summed E-state index contributed by atoms with van der Waals surface area (Å²) in [5.41, 5.74) is 1.75. The first kappa shape index (κ1) is 25.7. The van der Waals surface area contributed by atoms with E-state index in [0.29, 0.717) is 0 Å². The Bertz CT molecular complexity index is 1050. The zero-order valence-corrected chi connectivity index (χ0v) is 19.8. The van der Waals surface area contributed by atoms with E-state index in [1.807, 2.05) is 0 Å². The van der Waals surface area contributed by atoms with Crippen molar-refractivity contribution >= 4 is 5.69 Å². The van der Waals surface area contributed by atoms with Crippen LogP contribution in [0, 0.1) is 24.0 Å². The van der Waals surface area contributed by atoms with Crippen LogP contribution in [0.3, 0.4) is 0 Å². The summed E-state index contributed by atoms with van der Waals surface area (Å²) >= 11 is 0. The number of hydrogen-bond donors (Lipinski definition) is 3. The van der Waals surface area contributed by atoms with Gasteiger partial charge in [-0.1, -0.05) is 29.0 Å². The highest BCUT2D eigenvalue weighted by atomic mass is 16.6. The van der Waals surface area contributed by atoms with E-state index in [2.05, 4.69) is 20.8 Å². The van der Waals surface area contributed by atoms with Crippen LogP contribution in [0.5, 0.6) is 17.2 Å². The number of aryl methyl sites for hydroxylation is 2. The minimum Gasteiger partial charge on any atom is -0.872 e. The topological polar surface area (TPSA) is 111 Å². The van der Waals surface area contributed by atoms with Crippen molar-refractivity contribution in [2.75, 3.05) is 19.6 Å². The lowest BCUT2D eigenvalue weighted by molar-refractivity contribution is -0.894. The Balaban J connectivity index is 0.000000479. The summed E-state index contributed by atoms with van der Waals surface area (Å²) < 4.78 is 0. The molecule has 7 nitrogen and oxygen atoms in total. The molecule has 3 aromatic rings. The standard InChI is InChI=1S/C20H17NO5.C6H15N/c1-11-3-5-18(22)14(7-11)16-9-13(21(25)26)10-17(20(16)24)15-8-12(2)4-6-19(15)23;1-4-7(5-2)6-3/h3-10,22-24H,1-2H3;4-6H2,1-3H3. The van der Waals surface area contributed by atoms with Gasteiger partial charge in [-0.2, -0.15) is 0 Å². The molecule has 3 aromatic carbocycles. The summed E-state index contributed by atoms with van der Waals surface area (Å²) in [6.45, 7) is 14.1. The summed E-state index contributed by atoms with van der Waals surface area (Å²) in [5.74, 6) is -0.794. The SMILES string of the molecule is CC[NH+](CC)CC.Cc1ccc(O)c(-c2cc([N+](=O)[O-])cc(-c3cc(C)ccc3O)c2[O-])c1. The minimum absolute atomic E-state index is 0.0105. The molecule has 176 valence electrons. The maximum Gasteiger partial charge on any atom is 0.270 e. The molecule has 0 radical (unpaired) electrons. The summed E-state index contributed by atoms with van der Waals surface area (Å²) in [4.78, 5) is 12.4. The van der Waals surface area contributed by atoms with Gasteiger partial charge in [0.05, 0.1) is 24.6 Å². The zero-order valence-electron chi connectivity index (χ0n) is 19.8. The Morgan fingerprint density at radius 1 is 0.758 bits per heavy atom. The number of rotatable bonds is 6. The molecule has 0 aliphatic rings. The van der Waals surface area contributed by atoms with Crippen LogP contribution in [0.25, 0.3) is 22.3 Å². The number of non-ortho nitro benzene ring substituents is 1. The quantitative estimate of drug-likeness (QED) is 0.387. The maximum atomic E-state index is 13.0. The van der Waals surface area contributed by atoms with Crippen molar-refractivity contribution in [3.8, 4) is 39.5 Å². The second kappa shape index (κ2) is 11.3. The average Bonchev–Trinajstić information content (AvgIpc) is 2.79. The Labute approximate surface area is 194 Å². The maximum absolute atomic E-state index is 13.0. The van der Waals surface area contributed by atoms with Crippen molar-refractivity contribution in [1.82, 2.24) is 0 Å². The third kappa shape index (κ3) is 6.23. The largest absolute Gasteiger partial charge is 0.872 e. The first-order valence-electron chi connectivity index (χ1n) is 11.1. The first-order valence-corrected chi connectivity index (χ1v) is 11.1. The molecule has 0 unspecified atom stereocenters. The lowest BCUT2D eigenvalue weighted by atomic mass is 9.94. The molecule has 0 aliphatic heterocycles. The summed E-state index contributed by atoms with van der Waals surface area (Å²) in [6.07, 6.45) is 0. The van der Waals surface area contributed by atoms with Gasteiger partial charge in [0, 0.05) is 23.3 Å². The van der Waals surface area contributed by atoms with E-state index in [-0.39, 0.29) is 39.4 Å². The minimum atomic E-state index is -0.605. The van der Waals surface area contributed by atoms with Gasteiger partial charge in [0.2, 0.25) is 0 Å². The van der Waals surface area contributed by atoms with Gasteiger partial charge in [0.25, 0.3) is 5.69 Å². The van der Waals surface area contributed by atoms with Crippen LogP contribution in [0.2, 0.25) is 0 Å². The molecule has 7 heteroatoms. The molecule has 33 heavy (non-hydrogen) atoms. The molecule has 0 aromatic heterocycles. The molecule has 0 atom stereocenters. The van der Waals surface area contributed by atoms with Gasteiger partial charge in [0.15, 0.2) is 0 Å². The summed E-state index contributed by atoms with van der Waals surface area (Å²) in [5, 5.41) is 44.7. The molecular weight excluding hydrogens is 420 g/mol. The summed E-state index contributed by atoms with van der Waals surface area (Å²) in [7, 11) is 0. The zero-order chi connectivity index (χ0) is 24.7. The average molecular weight is 453 g/mol. The molecule has 3 N–H and O–H groups in total. The van der Waals surface area contributed by atoms with Gasteiger partial charge in [-0.3, -0.25) is 10.1 Å². The van der Waals surface area contributed by atoms with Crippen molar-refractivity contribution in [3.05, 3.63) is 69.8 Å². The van der Waals surface area contributed by atoms with Crippen LogP contribution >= 0.6 is 0 Å². The number of phenolic OH excluding ortho intramolecular Hbond substituents is 2. The van der Waals surface area contributed by atoms with Crippen LogP contribution < -0.4 is 10.0 Å². The number of nitro groups is 1. The molecule has 0 aliphatic carbocycles. The van der Waals surface area contributed by atoms with Crippen molar-refractivity contribution in [2.24, 2.45) is 0 Å². The number of nitro benzene ring substituents is 1. The molecule has 0 fully saturated rings. The predicted octanol–water partition coefficient (Wildman–Crippen LogP) is 3.96. The number of aromatic hydroxyl groups is 2. The van der Waals surface area contributed by atoms with Crippen molar-refractivity contribution in [1.29, 1.82) is 0 Å². The highest BCUT2D eigenvalue weighted by Gasteiger charge is 2.18. The van der Waals surface area contributed by atoms with Crippen LogP contribution in [-0.4, -0.2) is 34.8 Å². The van der Waals surface area contributed by atoms with Gasteiger partial charge in [-0.15, -0.1) is 0 Å². The van der Waals surface area contributed by atoms with E-state index in [4.69, 9.17) is 0 Å². The summed E-state index contributed by atoms with van der Waals surface area (Å²) in [6, 6.07) is 11.7. The molecule has 0 heterocycles. The highest BCUT2D eigenvalue weighted by molar-refractivity contribution is 5.88. The fourth-order valence-electron chi connectivity index (χ4n) is 3.60. The van der Waals surface area contributed by atoms with Crippen molar-refractivity contribution in [2.45, 2.75) is 34.6 Å². The smallest absolute Gasteiger partial charge is 0.270 e. The van der Waals surface area contributed by atoms with Gasteiger partial charge < -0.3 is 20.2 Å². The van der Waals surface area contributed by atoms with Crippen LogP contribution in [-0.2, 0) is 0 Å². The number of nitrogens with zero attached hydrogens (tertiary/aromatic N) is 1. The van der Waals surface area contributed by atoms with Gasteiger partial charge in [0.1, 0.15) is 11.5 Å². The van der Waals surface area contributed by atoms with Gasteiger partial charge >= 0.3 is 0 Å². The van der Waals surface area contributed by atoms with E-state index >= 15 is 0 Å². The first-order chi connectivity index (χ1) is 15.6. The monoisotopic (exact) mass is 452 g/mol. The molecule has 0 bridgehead atoms. The molecule has 0 saturated carbocycles. The molecule has 0 amide bonds. The third-order valence-corrected chi connectivity index (χ3v) is 5.67. The number of hydrogen-bond acceptors (Lipinski definition) is 5. The molecule has 0 saturated heterocycles. The van der Waals surface area contributed by atoms with Crippen molar-refractivity contribution < 1.29 is 25.1 Å². The van der Waals surface area contributed by atoms with Crippen molar-refractivity contribution in [3.63, 3.8) is 0 Å². The number of nitrogens with one attached hydrogen (secondary N) is 1.